The van der Waals surface area contributed by atoms with Crippen molar-refractivity contribution in [3.05, 3.63) is 59.9 Å². The molecule has 160 valence electrons. The summed E-state index contributed by atoms with van der Waals surface area (Å²) in [5, 5.41) is 9.51. The largest absolute Gasteiger partial charge is 0.493 e. The first kappa shape index (κ1) is 20.7. The van der Waals surface area contributed by atoms with Crippen molar-refractivity contribution in [1.29, 1.82) is 0 Å². The predicted octanol–water partition coefficient (Wildman–Crippen LogP) is 4.65. The van der Waals surface area contributed by atoms with E-state index in [1.165, 1.54) is 0 Å². The number of benzene rings is 1. The van der Waals surface area contributed by atoms with Crippen molar-refractivity contribution in [2.75, 3.05) is 20.3 Å². The van der Waals surface area contributed by atoms with Gasteiger partial charge in [0.25, 0.3) is 0 Å². The molecule has 0 aliphatic heterocycles. The molecule has 0 saturated heterocycles. The van der Waals surface area contributed by atoms with Gasteiger partial charge in [-0.1, -0.05) is 0 Å². The molecule has 0 fully saturated rings. The molecule has 0 atom stereocenters. The number of fused-ring (bicyclic) bond motifs is 1. The van der Waals surface area contributed by atoms with Crippen LogP contribution in [0.2, 0.25) is 0 Å². The molecule has 0 radical (unpaired) electrons. The van der Waals surface area contributed by atoms with Gasteiger partial charge in [-0.05, 0) is 24.6 Å². The van der Waals surface area contributed by atoms with Gasteiger partial charge in [0.1, 0.15) is 23.0 Å². The highest BCUT2D eigenvalue weighted by Crippen LogP contribution is 2.33. The minimum Gasteiger partial charge on any atom is -0.493 e. The summed E-state index contributed by atoms with van der Waals surface area (Å²) < 4.78 is 39.8. The third-order valence-corrected chi connectivity index (χ3v) is 4.93. The number of rotatable bonds is 7. The van der Waals surface area contributed by atoms with Crippen LogP contribution in [0.4, 0.5) is 8.78 Å². The van der Waals surface area contributed by atoms with Crippen LogP contribution in [0.1, 0.15) is 12.0 Å². The first-order chi connectivity index (χ1) is 15.0. The molecule has 0 amide bonds. The lowest BCUT2D eigenvalue weighted by Gasteiger charge is -2.08. The van der Waals surface area contributed by atoms with Gasteiger partial charge in [0.05, 0.1) is 25.0 Å². The average molecular weight is 425 g/mol. The van der Waals surface area contributed by atoms with E-state index in [-0.39, 0.29) is 30.2 Å². The van der Waals surface area contributed by atoms with Crippen molar-refractivity contribution in [2.45, 2.75) is 13.3 Å². The lowest BCUT2D eigenvalue weighted by atomic mass is 10.0. The monoisotopic (exact) mass is 425 g/mol. The van der Waals surface area contributed by atoms with E-state index >= 15 is 0 Å². The van der Waals surface area contributed by atoms with E-state index in [1.54, 1.807) is 25.6 Å². The number of hydrogen-bond donors (Lipinski definition) is 2. The van der Waals surface area contributed by atoms with Crippen LogP contribution < -0.4 is 9.47 Å². The second kappa shape index (κ2) is 8.69. The normalized spacial score (nSPS) is 11.1. The Morgan fingerprint density at radius 2 is 1.81 bits per heavy atom. The van der Waals surface area contributed by atoms with Crippen LogP contribution in [0, 0.1) is 18.6 Å². The number of hydrogen-bond acceptors (Lipinski definition) is 5. The zero-order chi connectivity index (χ0) is 22.0. The number of aliphatic hydroxyl groups excluding tert-OH is 1. The summed E-state index contributed by atoms with van der Waals surface area (Å²) in [5.41, 5.74) is 3.30. The van der Waals surface area contributed by atoms with E-state index in [0.717, 1.165) is 28.8 Å². The third-order valence-electron chi connectivity index (χ3n) is 4.93. The Morgan fingerprint density at radius 1 is 1.03 bits per heavy atom. The van der Waals surface area contributed by atoms with Crippen molar-refractivity contribution < 1.29 is 23.4 Å². The highest BCUT2D eigenvalue weighted by Gasteiger charge is 2.17. The number of aliphatic hydroxyl groups is 1. The fourth-order valence-corrected chi connectivity index (χ4v) is 3.39. The van der Waals surface area contributed by atoms with Gasteiger partial charge in [-0.3, -0.25) is 0 Å². The van der Waals surface area contributed by atoms with E-state index < -0.39 is 11.6 Å². The van der Waals surface area contributed by atoms with E-state index in [1.807, 2.05) is 19.1 Å². The maximum absolute atomic E-state index is 14.7. The Bertz CT molecular complexity index is 1220. The standard InChI is InChI=1S/C23H21F2N3O3/c1-13-6-21(30-2)26-12-17(13)15-7-14-8-20(28-23(14)27-11-15)22-18(24)9-16(10-19(22)25)31-5-3-4-29/h6-12,29H,3-5H2,1-2H3,(H,27,28). The zero-order valence-corrected chi connectivity index (χ0v) is 17.1. The summed E-state index contributed by atoms with van der Waals surface area (Å²) >= 11 is 0. The van der Waals surface area contributed by atoms with Crippen LogP contribution in [0.25, 0.3) is 33.4 Å². The Kier molecular flexibility index (Phi) is 5.81. The molecule has 0 aliphatic rings. The molecule has 0 aliphatic carbocycles. The number of H-pyrrole nitrogens is 1. The number of halogens is 2. The molecule has 0 saturated carbocycles. The van der Waals surface area contributed by atoms with E-state index in [0.29, 0.717) is 23.3 Å². The molecule has 31 heavy (non-hydrogen) atoms. The van der Waals surface area contributed by atoms with E-state index in [4.69, 9.17) is 14.6 Å². The van der Waals surface area contributed by atoms with Crippen molar-refractivity contribution in [2.24, 2.45) is 0 Å². The molecule has 8 heteroatoms. The fourth-order valence-electron chi connectivity index (χ4n) is 3.39. The molecule has 4 rings (SSSR count). The Morgan fingerprint density at radius 3 is 2.48 bits per heavy atom. The zero-order valence-electron chi connectivity index (χ0n) is 17.1. The topological polar surface area (TPSA) is 80.3 Å². The lowest BCUT2D eigenvalue weighted by molar-refractivity contribution is 0.233. The smallest absolute Gasteiger partial charge is 0.213 e. The molecule has 4 aromatic rings. The molecule has 3 aromatic heterocycles. The first-order valence-electron chi connectivity index (χ1n) is 9.73. The van der Waals surface area contributed by atoms with Crippen molar-refractivity contribution in [3.8, 4) is 34.0 Å². The minimum atomic E-state index is -0.749. The molecule has 2 N–H and O–H groups in total. The van der Waals surface area contributed by atoms with Gasteiger partial charge in [-0.2, -0.15) is 0 Å². The molecule has 0 unspecified atom stereocenters. The van der Waals surface area contributed by atoms with Crippen molar-refractivity contribution >= 4 is 11.0 Å². The highest BCUT2D eigenvalue weighted by atomic mass is 19.1. The quantitative estimate of drug-likeness (QED) is 0.422. The molecule has 0 spiro atoms. The van der Waals surface area contributed by atoms with Crippen LogP contribution in [-0.2, 0) is 0 Å². The van der Waals surface area contributed by atoms with Crippen LogP contribution >= 0.6 is 0 Å². The molecular weight excluding hydrogens is 404 g/mol. The number of pyridine rings is 2. The number of nitrogens with one attached hydrogen (secondary N) is 1. The second-order valence-corrected chi connectivity index (χ2v) is 7.07. The summed E-state index contributed by atoms with van der Waals surface area (Å²) in [5.74, 6) is -0.901. The number of aromatic amines is 1. The van der Waals surface area contributed by atoms with Gasteiger partial charge in [0.15, 0.2) is 0 Å². The number of ether oxygens (including phenoxy) is 2. The molecule has 0 bridgehead atoms. The number of aromatic nitrogens is 3. The van der Waals surface area contributed by atoms with E-state index in [2.05, 4.69) is 15.0 Å². The second-order valence-electron chi connectivity index (χ2n) is 7.07. The lowest BCUT2D eigenvalue weighted by Crippen LogP contribution is -2.01. The summed E-state index contributed by atoms with van der Waals surface area (Å²) in [7, 11) is 1.56. The van der Waals surface area contributed by atoms with Gasteiger partial charge >= 0.3 is 0 Å². The number of methoxy groups -OCH3 is 1. The summed E-state index contributed by atoms with van der Waals surface area (Å²) in [6.45, 7) is 2.06. The number of nitrogens with zero attached hydrogens (tertiary/aromatic N) is 2. The predicted molar refractivity (Wildman–Crippen MR) is 113 cm³/mol. The van der Waals surface area contributed by atoms with Crippen LogP contribution in [-0.4, -0.2) is 40.4 Å². The van der Waals surface area contributed by atoms with Gasteiger partial charge in [0, 0.05) is 60.1 Å². The number of aryl methyl sites for hydroxylation is 1. The molecule has 1 aromatic carbocycles. The maximum Gasteiger partial charge on any atom is 0.213 e. The van der Waals surface area contributed by atoms with Crippen molar-refractivity contribution in [1.82, 2.24) is 15.0 Å². The van der Waals surface area contributed by atoms with Crippen LogP contribution in [0.15, 0.2) is 42.7 Å². The molecule has 6 nitrogen and oxygen atoms in total. The summed E-state index contributed by atoms with van der Waals surface area (Å²) in [4.78, 5) is 11.6. The Balaban J connectivity index is 1.69. The summed E-state index contributed by atoms with van der Waals surface area (Å²) in [6, 6.07) is 7.64. The van der Waals surface area contributed by atoms with Gasteiger partial charge in [-0.15, -0.1) is 0 Å². The Labute approximate surface area is 177 Å². The fraction of sp³-hybridized carbons (Fsp3) is 0.217. The van der Waals surface area contributed by atoms with Gasteiger partial charge in [-0.25, -0.2) is 18.7 Å². The maximum atomic E-state index is 14.7. The van der Waals surface area contributed by atoms with Crippen LogP contribution in [0.5, 0.6) is 11.6 Å². The molecule has 3 heterocycles. The average Bonchev–Trinajstić information content (AvgIpc) is 3.16. The Hall–Kier alpha value is -3.52. The molecular formula is C23H21F2N3O3. The van der Waals surface area contributed by atoms with Gasteiger partial charge in [0.2, 0.25) is 5.88 Å². The SMILES string of the molecule is COc1cc(C)c(-c2cnc3[nH]c(-c4c(F)cc(OCCCO)cc4F)cc3c2)cn1. The minimum absolute atomic E-state index is 0.0563. The third kappa shape index (κ3) is 4.20. The van der Waals surface area contributed by atoms with Gasteiger partial charge < -0.3 is 19.6 Å². The summed E-state index contributed by atoms with van der Waals surface area (Å²) in [6.07, 6.45) is 3.77. The van der Waals surface area contributed by atoms with Crippen LogP contribution in [0.3, 0.4) is 0 Å². The van der Waals surface area contributed by atoms with Crippen molar-refractivity contribution in [3.63, 3.8) is 0 Å². The first-order valence-corrected chi connectivity index (χ1v) is 9.73. The van der Waals surface area contributed by atoms with E-state index in [9.17, 15) is 8.78 Å². The highest BCUT2D eigenvalue weighted by molar-refractivity contribution is 5.87.